The molecule has 0 aromatic heterocycles. The van der Waals surface area contributed by atoms with E-state index in [4.69, 9.17) is 13.2 Å². The van der Waals surface area contributed by atoms with Crippen molar-refractivity contribution < 1.29 is 39.3 Å². The molecule has 138 valence electrons. The number of fused-ring (bicyclic) bond motifs is 1. The molecule has 3 atom stereocenters. The van der Waals surface area contributed by atoms with Crippen molar-refractivity contribution in [3.63, 3.8) is 0 Å². The van der Waals surface area contributed by atoms with Crippen LogP contribution >= 0.6 is 7.60 Å². The second kappa shape index (κ2) is 8.90. The third kappa shape index (κ3) is 3.78. The topological polar surface area (TPSA) is 66.3 Å². The lowest BCUT2D eigenvalue weighted by Crippen LogP contribution is -3.07. The molecule has 1 heterocycles. The minimum Gasteiger partial charge on any atom is -1.00 e. The van der Waals surface area contributed by atoms with Crippen LogP contribution in [0.1, 0.15) is 20.8 Å². The van der Waals surface area contributed by atoms with Gasteiger partial charge in [0.1, 0.15) is 12.2 Å². The van der Waals surface area contributed by atoms with E-state index in [2.05, 4.69) is 0 Å². The van der Waals surface area contributed by atoms with Crippen LogP contribution < -0.4 is 17.3 Å². The minimum absolute atomic E-state index is 0. The average Bonchev–Trinajstić information content (AvgIpc) is 2.91. The molecule has 0 saturated carbocycles. The Morgan fingerprint density at radius 3 is 2.33 bits per heavy atom. The molecule has 1 N–H and O–H groups in total. The summed E-state index contributed by atoms with van der Waals surface area (Å²) < 4.78 is 41.2. The van der Waals surface area contributed by atoms with Crippen LogP contribution in [0.3, 0.4) is 0 Å². The second-order valence-corrected chi connectivity index (χ2v) is 9.21. The van der Waals surface area contributed by atoms with Gasteiger partial charge in [-0.1, -0.05) is 0 Å². The molecule has 2 aliphatic rings. The first kappa shape index (κ1) is 21.8. The number of nitrogens with one attached hydrogen (secondary N) is 1. The van der Waals surface area contributed by atoms with Gasteiger partial charge in [0, 0.05) is 11.6 Å². The molecule has 0 amide bonds. The largest absolute Gasteiger partial charge is 1.00 e. The van der Waals surface area contributed by atoms with Gasteiger partial charge in [-0.3, -0.25) is 8.75 Å². The third-order valence-electron chi connectivity index (χ3n) is 3.72. The van der Waals surface area contributed by atoms with Crippen molar-refractivity contribution >= 4 is 18.7 Å². The Morgan fingerprint density at radius 1 is 1.21 bits per heavy atom. The van der Waals surface area contributed by atoms with Crippen molar-refractivity contribution in [2.24, 2.45) is 0 Å². The van der Waals surface area contributed by atoms with Crippen LogP contribution in [0.15, 0.2) is 35.6 Å². The zero-order valence-electron chi connectivity index (χ0n) is 14.4. The van der Waals surface area contributed by atoms with Gasteiger partial charge < -0.3 is 26.4 Å². The Kier molecular flexibility index (Phi) is 8.07. The molecule has 1 aliphatic carbocycles. The average molecular weight is 398 g/mol. The first-order valence-electron chi connectivity index (χ1n) is 7.83. The number of allylic oxidation sites excluding steroid dienone is 1. The molecule has 0 radical (unpaired) electrons. The minimum atomic E-state index is -3.71. The highest BCUT2D eigenvalue weighted by molar-refractivity contribution is 7.91. The van der Waals surface area contributed by atoms with Gasteiger partial charge in [0.2, 0.25) is 4.49 Å². The van der Waals surface area contributed by atoms with Gasteiger partial charge in [-0.2, -0.15) is 0 Å². The Morgan fingerprint density at radius 2 is 1.83 bits per heavy atom. The second-order valence-electron chi connectivity index (χ2n) is 5.27. The molecule has 0 spiro atoms. The molecule has 1 aliphatic heterocycles. The molecule has 0 aromatic carbocycles. The number of halogens is 1. The summed E-state index contributed by atoms with van der Waals surface area (Å²) in [6, 6.07) is 0. The summed E-state index contributed by atoms with van der Waals surface area (Å²) in [4.78, 5) is 1.13. The van der Waals surface area contributed by atoms with Crippen LogP contribution in [0.25, 0.3) is 0 Å². The molecule has 0 saturated heterocycles. The first-order valence-corrected chi connectivity index (χ1v) is 10.5. The maximum Gasteiger partial charge on any atom is 0.359 e. The Labute approximate surface area is 152 Å². The summed E-state index contributed by atoms with van der Waals surface area (Å²) in [6.07, 6.45) is 7.45. The monoisotopic (exact) mass is 397 g/mol. The maximum atomic E-state index is 13.5. The van der Waals surface area contributed by atoms with E-state index in [1.54, 1.807) is 32.9 Å². The van der Waals surface area contributed by atoms with Crippen LogP contribution in [-0.4, -0.2) is 42.1 Å². The first-order chi connectivity index (χ1) is 10.9. The molecule has 6 nitrogen and oxygen atoms in total. The van der Waals surface area contributed by atoms with E-state index in [9.17, 15) is 8.77 Å². The van der Waals surface area contributed by atoms with Crippen LogP contribution in [0.4, 0.5) is 0 Å². The molecule has 2 rings (SSSR count). The van der Waals surface area contributed by atoms with Crippen molar-refractivity contribution in [1.29, 1.82) is 0 Å². The number of rotatable bonds is 8. The summed E-state index contributed by atoms with van der Waals surface area (Å²) in [7, 11) is -1.70. The van der Waals surface area contributed by atoms with Crippen LogP contribution in [-0.2, 0) is 28.9 Å². The number of hydrogen-bond donors (Lipinski definition) is 1. The van der Waals surface area contributed by atoms with Crippen molar-refractivity contribution in [2.75, 3.05) is 33.4 Å². The van der Waals surface area contributed by atoms with Gasteiger partial charge in [-0.15, -0.1) is 0 Å². The lowest BCUT2D eigenvalue weighted by Gasteiger charge is -2.30. The Bertz CT molecular complexity index is 611. The van der Waals surface area contributed by atoms with E-state index in [1.165, 1.54) is 0 Å². The zero-order valence-corrected chi connectivity index (χ0v) is 16.9. The normalized spacial score (nSPS) is 27.1. The number of hydrogen-bond acceptors (Lipinski definition) is 5. The molecule has 9 heteroatoms. The van der Waals surface area contributed by atoms with Crippen LogP contribution in [0.5, 0.6) is 0 Å². The van der Waals surface area contributed by atoms with E-state index in [0.29, 0.717) is 0 Å². The molecule has 0 aromatic rings. The quantitative estimate of drug-likeness (QED) is 0.508. The summed E-state index contributed by atoms with van der Waals surface area (Å²) in [5, 5.41) is 0. The Hall–Kier alpha value is -0.270. The molecule has 0 bridgehead atoms. The lowest BCUT2D eigenvalue weighted by molar-refractivity contribution is -0.830. The predicted octanol–water partition coefficient (Wildman–Crippen LogP) is -1.44. The maximum absolute atomic E-state index is 13.5. The number of likely N-dealkylation sites (N-methyl/N-ethyl adjacent to an activating group) is 1. The van der Waals surface area contributed by atoms with E-state index in [0.717, 1.165) is 22.7 Å². The van der Waals surface area contributed by atoms with Gasteiger partial charge >= 0.3 is 7.60 Å². The summed E-state index contributed by atoms with van der Waals surface area (Å²) in [6.45, 7) is 6.69. The van der Waals surface area contributed by atoms with Gasteiger partial charge in [0.05, 0.1) is 26.9 Å². The fourth-order valence-corrected chi connectivity index (χ4v) is 6.53. The summed E-state index contributed by atoms with van der Waals surface area (Å²) in [5.74, 6) is 0. The van der Waals surface area contributed by atoms with E-state index < -0.39 is 23.2 Å². The molecular formula is C15H25ClNO5PS. The van der Waals surface area contributed by atoms with Crippen molar-refractivity contribution in [2.45, 2.75) is 25.3 Å². The highest BCUT2D eigenvalue weighted by atomic mass is 35.5. The van der Waals surface area contributed by atoms with Gasteiger partial charge in [-0.25, -0.2) is 4.21 Å². The SMILES string of the molecule is CCOS(=O)C1(P(=O)(OCC)OCC)C=C2C=CC[NH+](C)C2=C1.[Cl-]. The Balaban J connectivity index is 0.00000288. The van der Waals surface area contributed by atoms with Gasteiger partial charge in [-0.05, 0) is 39.0 Å². The predicted molar refractivity (Wildman–Crippen MR) is 90.4 cm³/mol. The van der Waals surface area contributed by atoms with Crippen molar-refractivity contribution in [3.8, 4) is 0 Å². The number of quaternary nitrogens is 1. The van der Waals surface area contributed by atoms with Crippen molar-refractivity contribution in [3.05, 3.63) is 35.6 Å². The molecule has 3 unspecified atom stereocenters. The van der Waals surface area contributed by atoms with Gasteiger partial charge in [0.15, 0.2) is 11.1 Å². The highest BCUT2D eigenvalue weighted by Gasteiger charge is 2.58. The van der Waals surface area contributed by atoms with Crippen molar-refractivity contribution in [1.82, 2.24) is 0 Å². The highest BCUT2D eigenvalue weighted by Crippen LogP contribution is 2.65. The van der Waals surface area contributed by atoms with Crippen LogP contribution in [0.2, 0.25) is 0 Å². The van der Waals surface area contributed by atoms with Crippen LogP contribution in [0, 0.1) is 0 Å². The zero-order chi connectivity index (χ0) is 17.1. The molecular weight excluding hydrogens is 373 g/mol. The third-order valence-corrected chi connectivity index (χ3v) is 8.37. The van der Waals surface area contributed by atoms with E-state index >= 15 is 0 Å². The lowest BCUT2D eigenvalue weighted by atomic mass is 10.1. The molecule has 0 fully saturated rings. The smallest absolute Gasteiger partial charge is 0.359 e. The fraction of sp³-hybridized carbons (Fsp3) is 0.600. The van der Waals surface area contributed by atoms with E-state index in [1.807, 2.05) is 19.2 Å². The molecule has 24 heavy (non-hydrogen) atoms. The standard InChI is InChI=1S/C15H24NO5PS.ClH/c1-5-19-22(17,20-6-2)15(23(18)21-7-3)11-13-9-8-10-16(4)14(13)12-15;/h8-9,11-12H,5-7,10H2,1-4H3;1H. The fourth-order valence-electron chi connectivity index (χ4n) is 2.74. The van der Waals surface area contributed by atoms with Gasteiger partial charge in [0.25, 0.3) is 0 Å². The summed E-state index contributed by atoms with van der Waals surface area (Å²) in [5.41, 5.74) is 1.83. The summed E-state index contributed by atoms with van der Waals surface area (Å²) >= 11 is -1.87. The van der Waals surface area contributed by atoms with E-state index in [-0.39, 0.29) is 32.2 Å².